The average Bonchev–Trinajstić information content (AvgIpc) is 2.50. The lowest BCUT2D eigenvalue weighted by Gasteiger charge is -2.59. The fraction of sp³-hybridized carbons (Fsp3) is 0.950. The number of carboxylic acid groups (broad SMARTS) is 1. The van der Waals surface area contributed by atoms with E-state index in [-0.39, 0.29) is 17.6 Å². The van der Waals surface area contributed by atoms with Gasteiger partial charge in [-0.1, -0.05) is 41.5 Å². The largest absolute Gasteiger partial charge is 0.465 e. The van der Waals surface area contributed by atoms with Gasteiger partial charge in [0.15, 0.2) is 8.32 Å². The van der Waals surface area contributed by atoms with Crippen molar-refractivity contribution in [2.45, 2.75) is 97.2 Å². The van der Waals surface area contributed by atoms with Crippen LogP contribution in [0.1, 0.15) is 61.3 Å². The fourth-order valence-electron chi connectivity index (χ4n) is 4.12. The van der Waals surface area contributed by atoms with Crippen molar-refractivity contribution in [2.24, 2.45) is 11.3 Å². The number of hydrogen-bond donors (Lipinski definition) is 3. The molecule has 0 saturated carbocycles. The molecule has 1 aliphatic heterocycles. The molecule has 0 radical (unpaired) electrons. The molecule has 1 heterocycles. The molecular formula is C20H41NO5Si. The molecule has 1 amide bonds. The molecule has 0 aromatic heterocycles. The topological polar surface area (TPSA) is 90.2 Å². The predicted molar refractivity (Wildman–Crippen MR) is 110 cm³/mol. The van der Waals surface area contributed by atoms with Crippen molar-refractivity contribution in [1.82, 2.24) is 4.90 Å². The molecule has 1 fully saturated rings. The minimum Gasteiger partial charge on any atom is -0.465 e. The van der Waals surface area contributed by atoms with Crippen molar-refractivity contribution >= 4 is 14.4 Å². The molecule has 3 N–H and O–H groups in total. The summed E-state index contributed by atoms with van der Waals surface area (Å²) in [7, 11) is -2.14. The molecule has 27 heavy (non-hydrogen) atoms. The van der Waals surface area contributed by atoms with E-state index in [1.54, 1.807) is 0 Å². The summed E-state index contributed by atoms with van der Waals surface area (Å²) in [6.07, 6.45) is -1.50. The van der Waals surface area contributed by atoms with Gasteiger partial charge in [0.2, 0.25) is 0 Å². The number of rotatable bonds is 5. The van der Waals surface area contributed by atoms with E-state index in [4.69, 9.17) is 4.43 Å². The van der Waals surface area contributed by atoms with Crippen LogP contribution in [-0.4, -0.2) is 65.5 Å². The number of aliphatic hydroxyl groups excluding tert-OH is 2. The molecule has 0 aromatic carbocycles. The Morgan fingerprint density at radius 2 is 1.78 bits per heavy atom. The Hall–Kier alpha value is -0.633. The second-order valence-electron chi connectivity index (χ2n) is 10.7. The van der Waals surface area contributed by atoms with Crippen molar-refractivity contribution in [3.8, 4) is 0 Å². The SMILES string of the molecule is C[C@H](O[Si](C)(C)C(C)(C)C)C(O)C1(C(C)(C)C)CC(CO)CCN1C(=O)O. The monoisotopic (exact) mass is 403 g/mol. The van der Waals surface area contributed by atoms with Crippen LogP contribution in [0.2, 0.25) is 18.1 Å². The number of likely N-dealkylation sites (tertiary alicyclic amines) is 1. The first-order chi connectivity index (χ1) is 12.0. The number of amides is 1. The van der Waals surface area contributed by atoms with Gasteiger partial charge in [-0.3, -0.25) is 4.90 Å². The second-order valence-corrected chi connectivity index (χ2v) is 15.4. The zero-order valence-electron chi connectivity index (χ0n) is 18.7. The summed E-state index contributed by atoms with van der Waals surface area (Å²) in [5, 5.41) is 31.2. The van der Waals surface area contributed by atoms with Crippen LogP contribution >= 0.6 is 0 Å². The van der Waals surface area contributed by atoms with Crippen LogP contribution in [-0.2, 0) is 4.43 Å². The van der Waals surface area contributed by atoms with Crippen LogP contribution in [0.3, 0.4) is 0 Å². The lowest BCUT2D eigenvalue weighted by Crippen LogP contribution is -2.71. The summed E-state index contributed by atoms with van der Waals surface area (Å²) in [5.41, 5.74) is -1.55. The number of piperidine rings is 1. The van der Waals surface area contributed by atoms with Crippen molar-refractivity contribution in [2.75, 3.05) is 13.2 Å². The maximum absolute atomic E-state index is 12.1. The van der Waals surface area contributed by atoms with E-state index in [2.05, 4.69) is 33.9 Å². The van der Waals surface area contributed by atoms with E-state index < -0.39 is 37.6 Å². The second kappa shape index (κ2) is 8.01. The van der Waals surface area contributed by atoms with Gasteiger partial charge in [0, 0.05) is 13.2 Å². The standard InChI is InChI=1S/C20H41NO5Si/c1-14(26-27(8,9)19(5,6)7)16(23)20(18(2,3)4)12-15(13-22)10-11-21(20)17(24)25/h14-16,22-23H,10-13H2,1-9H3,(H,24,25)/t14-,15?,16?,20?/m0/s1. The van der Waals surface area contributed by atoms with E-state index in [1.165, 1.54) is 4.90 Å². The molecule has 4 atom stereocenters. The summed E-state index contributed by atoms with van der Waals surface area (Å²) in [4.78, 5) is 13.5. The molecule has 3 unspecified atom stereocenters. The highest BCUT2D eigenvalue weighted by molar-refractivity contribution is 6.74. The minimum atomic E-state index is -2.14. The lowest BCUT2D eigenvalue weighted by atomic mass is 9.61. The quantitative estimate of drug-likeness (QED) is 0.605. The number of carbonyl (C=O) groups is 1. The third-order valence-corrected chi connectivity index (χ3v) is 11.4. The van der Waals surface area contributed by atoms with Crippen molar-refractivity contribution in [1.29, 1.82) is 0 Å². The Labute approximate surface area is 166 Å². The Balaban J connectivity index is 3.37. The predicted octanol–water partition coefficient (Wildman–Crippen LogP) is 3.92. The molecule has 1 rings (SSSR count). The van der Waals surface area contributed by atoms with Gasteiger partial charge in [0.1, 0.15) is 6.10 Å². The van der Waals surface area contributed by atoms with Gasteiger partial charge in [-0.05, 0) is 49.2 Å². The van der Waals surface area contributed by atoms with Crippen LogP contribution in [0.5, 0.6) is 0 Å². The molecule has 0 aliphatic carbocycles. The van der Waals surface area contributed by atoms with Gasteiger partial charge in [0.25, 0.3) is 0 Å². The minimum absolute atomic E-state index is 0.00448. The average molecular weight is 404 g/mol. The fourth-order valence-corrected chi connectivity index (χ4v) is 5.53. The summed E-state index contributed by atoms with van der Waals surface area (Å²) < 4.78 is 6.44. The van der Waals surface area contributed by atoms with E-state index in [1.807, 2.05) is 27.7 Å². The van der Waals surface area contributed by atoms with Crippen molar-refractivity contribution in [3.63, 3.8) is 0 Å². The van der Waals surface area contributed by atoms with Gasteiger partial charge >= 0.3 is 6.09 Å². The third-order valence-electron chi connectivity index (χ3n) is 6.85. The van der Waals surface area contributed by atoms with Gasteiger partial charge in [-0.15, -0.1) is 0 Å². The molecule has 1 aliphatic rings. The molecule has 6 nitrogen and oxygen atoms in total. The summed E-state index contributed by atoms with van der Waals surface area (Å²) in [5.74, 6) is -0.0328. The van der Waals surface area contributed by atoms with Crippen molar-refractivity contribution in [3.05, 3.63) is 0 Å². The van der Waals surface area contributed by atoms with Crippen molar-refractivity contribution < 1.29 is 24.5 Å². The molecule has 1 saturated heterocycles. The van der Waals surface area contributed by atoms with Crippen LogP contribution in [0.15, 0.2) is 0 Å². The first-order valence-electron chi connectivity index (χ1n) is 9.98. The van der Waals surface area contributed by atoms with Crippen LogP contribution in [0.25, 0.3) is 0 Å². The number of nitrogens with zero attached hydrogens (tertiary/aromatic N) is 1. The highest BCUT2D eigenvalue weighted by atomic mass is 28.4. The van der Waals surface area contributed by atoms with E-state index in [0.29, 0.717) is 19.4 Å². The maximum Gasteiger partial charge on any atom is 0.407 e. The first-order valence-corrected chi connectivity index (χ1v) is 12.9. The Bertz CT molecular complexity index is 525. The van der Waals surface area contributed by atoms with Gasteiger partial charge in [0.05, 0.1) is 11.6 Å². The first kappa shape index (κ1) is 24.4. The summed E-state index contributed by atoms with van der Waals surface area (Å²) >= 11 is 0. The van der Waals surface area contributed by atoms with Gasteiger partial charge in [-0.2, -0.15) is 0 Å². The van der Waals surface area contributed by atoms with Crippen LogP contribution in [0.4, 0.5) is 4.79 Å². The summed E-state index contributed by atoms with van der Waals surface area (Å²) in [6.45, 7) is 18.7. The molecule has 160 valence electrons. The Morgan fingerprint density at radius 3 is 2.15 bits per heavy atom. The normalized spacial score (nSPS) is 27.4. The van der Waals surface area contributed by atoms with Gasteiger partial charge < -0.3 is 19.7 Å². The molecule has 7 heteroatoms. The summed E-state index contributed by atoms with van der Waals surface area (Å²) in [6, 6.07) is 0. The molecule has 0 bridgehead atoms. The third kappa shape index (κ3) is 4.69. The number of hydrogen-bond acceptors (Lipinski definition) is 4. The van der Waals surface area contributed by atoms with Crippen LogP contribution < -0.4 is 0 Å². The maximum atomic E-state index is 12.1. The smallest absolute Gasteiger partial charge is 0.407 e. The Kier molecular flexibility index (Phi) is 7.24. The zero-order valence-corrected chi connectivity index (χ0v) is 19.7. The number of aliphatic hydroxyl groups is 2. The van der Waals surface area contributed by atoms with Crippen LogP contribution in [0, 0.1) is 11.3 Å². The zero-order chi connectivity index (χ0) is 21.4. The van der Waals surface area contributed by atoms with E-state index in [0.717, 1.165) is 0 Å². The highest BCUT2D eigenvalue weighted by Gasteiger charge is 2.58. The lowest BCUT2D eigenvalue weighted by molar-refractivity contribution is -0.149. The highest BCUT2D eigenvalue weighted by Crippen LogP contribution is 2.48. The van der Waals surface area contributed by atoms with E-state index >= 15 is 0 Å². The van der Waals surface area contributed by atoms with E-state index in [9.17, 15) is 20.1 Å². The Morgan fingerprint density at radius 1 is 1.26 bits per heavy atom. The molecule has 0 spiro atoms. The molecular weight excluding hydrogens is 362 g/mol. The van der Waals surface area contributed by atoms with Gasteiger partial charge in [-0.25, -0.2) is 4.79 Å². The molecule has 0 aromatic rings.